The highest BCUT2D eigenvalue weighted by Gasteiger charge is 2.30. The molecule has 2 nitrogen and oxygen atoms in total. The summed E-state index contributed by atoms with van der Waals surface area (Å²) < 4.78 is 0. The van der Waals surface area contributed by atoms with Gasteiger partial charge in [-0.05, 0) is 30.4 Å². The molecule has 0 saturated carbocycles. The monoisotopic (exact) mass is 274 g/mol. The Morgan fingerprint density at radius 2 is 1.65 bits per heavy atom. The van der Waals surface area contributed by atoms with Crippen LogP contribution >= 0.6 is 24.8 Å². The summed E-state index contributed by atoms with van der Waals surface area (Å²) in [7, 11) is 0. The highest BCUT2D eigenvalue weighted by atomic mass is 35.5. The molecular formula is C13H20Cl2N2. The molecule has 0 spiro atoms. The van der Waals surface area contributed by atoms with Crippen LogP contribution in [0.15, 0.2) is 24.3 Å². The molecule has 1 aromatic carbocycles. The summed E-state index contributed by atoms with van der Waals surface area (Å²) in [5, 5.41) is 0. The first kappa shape index (κ1) is 14.8. The number of nitrogens with zero attached hydrogens (tertiary/aromatic N) is 1. The van der Waals surface area contributed by atoms with Gasteiger partial charge in [-0.15, -0.1) is 24.8 Å². The Bertz CT molecular complexity index is 345. The van der Waals surface area contributed by atoms with Gasteiger partial charge in [0, 0.05) is 25.2 Å². The molecular weight excluding hydrogens is 255 g/mol. The minimum Gasteiger partial charge on any atom is -0.326 e. The predicted molar refractivity (Wildman–Crippen MR) is 76.3 cm³/mol. The van der Waals surface area contributed by atoms with Crippen LogP contribution in [0.2, 0.25) is 0 Å². The molecule has 1 unspecified atom stereocenters. The van der Waals surface area contributed by atoms with E-state index in [-0.39, 0.29) is 24.8 Å². The van der Waals surface area contributed by atoms with Crippen LogP contribution in [0.25, 0.3) is 0 Å². The van der Waals surface area contributed by atoms with Crippen molar-refractivity contribution >= 4 is 24.8 Å². The SMILES string of the molecule is Cl.Cl.NC1CCN(C2Cc3ccccc3C2)C1. The molecule has 1 aliphatic heterocycles. The lowest BCUT2D eigenvalue weighted by molar-refractivity contribution is 0.247. The molecule has 0 radical (unpaired) electrons. The van der Waals surface area contributed by atoms with Crippen molar-refractivity contribution in [2.24, 2.45) is 5.73 Å². The number of nitrogens with two attached hydrogens (primary N) is 1. The van der Waals surface area contributed by atoms with Crippen molar-refractivity contribution in [2.75, 3.05) is 13.1 Å². The van der Waals surface area contributed by atoms with Crippen molar-refractivity contribution in [3.05, 3.63) is 35.4 Å². The first-order chi connectivity index (χ1) is 7.33. The predicted octanol–water partition coefficient (Wildman–Crippen LogP) is 2.03. The van der Waals surface area contributed by atoms with Crippen LogP contribution in [0, 0.1) is 0 Å². The maximum absolute atomic E-state index is 5.96. The molecule has 1 atom stereocenters. The lowest BCUT2D eigenvalue weighted by atomic mass is 10.1. The number of benzene rings is 1. The average Bonchev–Trinajstić information content (AvgIpc) is 2.82. The lowest BCUT2D eigenvalue weighted by Gasteiger charge is -2.22. The van der Waals surface area contributed by atoms with Crippen LogP contribution in [0.4, 0.5) is 0 Å². The van der Waals surface area contributed by atoms with Gasteiger partial charge in [0.1, 0.15) is 0 Å². The molecule has 1 saturated heterocycles. The van der Waals surface area contributed by atoms with Gasteiger partial charge in [0.15, 0.2) is 0 Å². The number of fused-ring (bicyclic) bond motifs is 1. The van der Waals surface area contributed by atoms with E-state index in [9.17, 15) is 0 Å². The molecule has 4 heteroatoms. The largest absolute Gasteiger partial charge is 0.326 e. The quantitative estimate of drug-likeness (QED) is 0.849. The summed E-state index contributed by atoms with van der Waals surface area (Å²) in [6.07, 6.45) is 3.62. The van der Waals surface area contributed by atoms with Crippen molar-refractivity contribution in [1.29, 1.82) is 0 Å². The van der Waals surface area contributed by atoms with Gasteiger partial charge in [0.25, 0.3) is 0 Å². The van der Waals surface area contributed by atoms with E-state index in [0.29, 0.717) is 6.04 Å². The van der Waals surface area contributed by atoms with Gasteiger partial charge in [0.2, 0.25) is 0 Å². The molecule has 17 heavy (non-hydrogen) atoms. The van der Waals surface area contributed by atoms with Crippen LogP contribution in [0.5, 0.6) is 0 Å². The van der Waals surface area contributed by atoms with E-state index in [1.54, 1.807) is 11.1 Å². The van der Waals surface area contributed by atoms with Crippen molar-refractivity contribution in [3.8, 4) is 0 Å². The zero-order chi connectivity index (χ0) is 10.3. The smallest absolute Gasteiger partial charge is 0.0180 e. The molecule has 0 amide bonds. The van der Waals surface area contributed by atoms with Gasteiger partial charge < -0.3 is 5.73 Å². The summed E-state index contributed by atoms with van der Waals surface area (Å²) in [6.45, 7) is 2.29. The Balaban J connectivity index is 0.000000722. The highest BCUT2D eigenvalue weighted by Crippen LogP contribution is 2.27. The molecule has 1 fully saturated rings. The molecule has 3 rings (SSSR count). The fourth-order valence-corrected chi connectivity index (χ4v) is 2.94. The molecule has 2 aliphatic rings. The Morgan fingerprint density at radius 3 is 2.12 bits per heavy atom. The topological polar surface area (TPSA) is 29.3 Å². The van der Waals surface area contributed by atoms with Crippen LogP contribution in [-0.2, 0) is 12.8 Å². The minimum atomic E-state index is 0. The number of halogens is 2. The van der Waals surface area contributed by atoms with Crippen LogP contribution in [-0.4, -0.2) is 30.1 Å². The van der Waals surface area contributed by atoms with Gasteiger partial charge in [-0.1, -0.05) is 24.3 Å². The molecule has 0 aromatic heterocycles. The van der Waals surface area contributed by atoms with E-state index in [4.69, 9.17) is 5.73 Å². The molecule has 1 heterocycles. The van der Waals surface area contributed by atoms with Crippen molar-refractivity contribution in [3.63, 3.8) is 0 Å². The summed E-state index contributed by atoms with van der Waals surface area (Å²) in [6, 6.07) is 9.97. The van der Waals surface area contributed by atoms with Crippen molar-refractivity contribution in [2.45, 2.75) is 31.3 Å². The Morgan fingerprint density at radius 1 is 1.06 bits per heavy atom. The van der Waals surface area contributed by atoms with E-state index in [0.717, 1.165) is 12.6 Å². The Hall–Kier alpha value is -0.280. The zero-order valence-corrected chi connectivity index (χ0v) is 11.5. The first-order valence-electron chi connectivity index (χ1n) is 5.89. The van der Waals surface area contributed by atoms with E-state index in [2.05, 4.69) is 29.2 Å². The van der Waals surface area contributed by atoms with Crippen LogP contribution in [0.1, 0.15) is 17.5 Å². The standard InChI is InChI=1S/C13H18N2.2ClH/c14-12-5-6-15(9-12)13-7-10-3-1-2-4-11(10)8-13;;/h1-4,12-13H,5-9,14H2;2*1H. The van der Waals surface area contributed by atoms with Gasteiger partial charge >= 0.3 is 0 Å². The van der Waals surface area contributed by atoms with Gasteiger partial charge in [0.05, 0.1) is 0 Å². The maximum atomic E-state index is 5.96. The first-order valence-corrected chi connectivity index (χ1v) is 5.89. The molecule has 1 aliphatic carbocycles. The van der Waals surface area contributed by atoms with Gasteiger partial charge in [-0.2, -0.15) is 0 Å². The zero-order valence-electron chi connectivity index (χ0n) is 9.84. The normalized spacial score (nSPS) is 23.9. The number of hydrogen-bond donors (Lipinski definition) is 1. The Labute approximate surface area is 115 Å². The van der Waals surface area contributed by atoms with Crippen LogP contribution < -0.4 is 5.73 Å². The number of likely N-dealkylation sites (tertiary alicyclic amines) is 1. The second-order valence-corrected chi connectivity index (χ2v) is 4.87. The third-order valence-corrected chi connectivity index (χ3v) is 3.80. The van der Waals surface area contributed by atoms with Gasteiger partial charge in [-0.3, -0.25) is 4.90 Å². The molecule has 96 valence electrons. The summed E-state index contributed by atoms with van der Waals surface area (Å²) in [5.74, 6) is 0. The van der Waals surface area contributed by atoms with Gasteiger partial charge in [-0.25, -0.2) is 0 Å². The highest BCUT2D eigenvalue weighted by molar-refractivity contribution is 5.85. The summed E-state index contributed by atoms with van der Waals surface area (Å²) >= 11 is 0. The second kappa shape index (κ2) is 6.05. The van der Waals surface area contributed by atoms with E-state index < -0.39 is 0 Å². The third kappa shape index (κ3) is 2.94. The van der Waals surface area contributed by atoms with E-state index >= 15 is 0 Å². The van der Waals surface area contributed by atoms with E-state index in [1.165, 1.54) is 25.8 Å². The lowest BCUT2D eigenvalue weighted by Crippen LogP contribution is -2.36. The summed E-state index contributed by atoms with van der Waals surface area (Å²) in [4.78, 5) is 2.57. The fraction of sp³-hybridized carbons (Fsp3) is 0.538. The number of rotatable bonds is 1. The summed E-state index contributed by atoms with van der Waals surface area (Å²) in [5.41, 5.74) is 9.04. The van der Waals surface area contributed by atoms with Crippen molar-refractivity contribution in [1.82, 2.24) is 4.90 Å². The minimum absolute atomic E-state index is 0. The number of hydrogen-bond acceptors (Lipinski definition) is 2. The average molecular weight is 275 g/mol. The molecule has 1 aromatic rings. The fourth-order valence-electron chi connectivity index (χ4n) is 2.94. The van der Waals surface area contributed by atoms with E-state index in [1.807, 2.05) is 0 Å². The Kier molecular flexibility index (Phi) is 5.26. The second-order valence-electron chi connectivity index (χ2n) is 4.87. The third-order valence-electron chi connectivity index (χ3n) is 3.80. The maximum Gasteiger partial charge on any atom is 0.0180 e. The molecule has 0 bridgehead atoms. The van der Waals surface area contributed by atoms with Crippen LogP contribution in [0.3, 0.4) is 0 Å². The van der Waals surface area contributed by atoms with Crippen molar-refractivity contribution < 1.29 is 0 Å². The molecule has 2 N–H and O–H groups in total.